The van der Waals surface area contributed by atoms with Crippen molar-refractivity contribution in [2.45, 2.75) is 83.6 Å². The van der Waals surface area contributed by atoms with Crippen molar-refractivity contribution < 1.29 is 34.4 Å². The number of hydrogen-bond donors (Lipinski definition) is 4. The minimum Gasteiger partial charge on any atom is -0.493 e. The van der Waals surface area contributed by atoms with Gasteiger partial charge in [0.05, 0.1) is 29.9 Å². The maximum atomic E-state index is 13.6. The lowest BCUT2D eigenvalue weighted by Crippen LogP contribution is -2.56. The smallest absolute Gasteiger partial charge is 0.247 e. The van der Waals surface area contributed by atoms with Crippen LogP contribution in [0.4, 0.5) is 0 Å². The predicted molar refractivity (Wildman–Crippen MR) is 156 cm³/mol. The average molecular weight is 659 g/mol. The molecule has 0 aromatic heterocycles. The van der Waals surface area contributed by atoms with E-state index < -0.39 is 18.2 Å². The highest BCUT2D eigenvalue weighted by atomic mass is 127. The largest absolute Gasteiger partial charge is 0.493 e. The summed E-state index contributed by atoms with van der Waals surface area (Å²) in [4.78, 5) is 28.4. The molecule has 0 spiro atoms. The Hall–Kier alpha value is -1.89. The summed E-state index contributed by atoms with van der Waals surface area (Å²) in [5, 5.41) is 33.2. The van der Waals surface area contributed by atoms with Crippen LogP contribution >= 0.6 is 22.6 Å². The van der Waals surface area contributed by atoms with Crippen molar-refractivity contribution in [3.05, 3.63) is 32.9 Å². The summed E-state index contributed by atoms with van der Waals surface area (Å²) >= 11 is 2.09. The van der Waals surface area contributed by atoms with E-state index in [1.54, 1.807) is 23.1 Å². The number of benzene rings is 1. The maximum Gasteiger partial charge on any atom is 0.247 e. The predicted octanol–water partition coefficient (Wildman–Crippen LogP) is 3.16. The van der Waals surface area contributed by atoms with E-state index in [9.17, 15) is 24.9 Å². The first kappa shape index (κ1) is 31.6. The molecule has 1 saturated carbocycles. The van der Waals surface area contributed by atoms with Crippen LogP contribution in [0, 0.1) is 15.4 Å². The monoisotopic (exact) mass is 658 g/mol. The fourth-order valence-electron chi connectivity index (χ4n) is 5.43. The van der Waals surface area contributed by atoms with Crippen LogP contribution < -0.4 is 14.8 Å². The van der Waals surface area contributed by atoms with Gasteiger partial charge in [0.2, 0.25) is 11.8 Å². The summed E-state index contributed by atoms with van der Waals surface area (Å²) in [6.45, 7) is 4.27. The lowest BCUT2D eigenvalue weighted by atomic mass is 9.85. The highest BCUT2D eigenvalue weighted by Crippen LogP contribution is 2.37. The Morgan fingerprint density at radius 1 is 1.18 bits per heavy atom. The van der Waals surface area contributed by atoms with Crippen LogP contribution in [0.15, 0.2) is 23.8 Å². The van der Waals surface area contributed by atoms with E-state index in [2.05, 4.69) is 27.9 Å². The first-order valence-corrected chi connectivity index (χ1v) is 15.0. The quantitative estimate of drug-likeness (QED) is 0.254. The van der Waals surface area contributed by atoms with Crippen LogP contribution in [0.25, 0.3) is 0 Å². The van der Waals surface area contributed by atoms with Gasteiger partial charge >= 0.3 is 0 Å². The molecule has 0 aliphatic heterocycles. The summed E-state index contributed by atoms with van der Waals surface area (Å²) < 4.78 is 12.5. The van der Waals surface area contributed by atoms with Crippen LogP contribution in [-0.2, 0) is 16.2 Å². The van der Waals surface area contributed by atoms with E-state index in [-0.39, 0.29) is 43.9 Å². The number of rotatable bonds is 12. The Bertz CT molecular complexity index is 1010. The molecule has 3 atom stereocenters. The molecule has 39 heavy (non-hydrogen) atoms. The molecule has 0 heterocycles. The number of aliphatic hydroxyl groups excluding tert-OH is 3. The van der Waals surface area contributed by atoms with E-state index >= 15 is 0 Å². The molecule has 1 fully saturated rings. The normalized spacial score (nSPS) is 21.8. The summed E-state index contributed by atoms with van der Waals surface area (Å²) in [6, 6.07) is 2.79. The second-order valence-electron chi connectivity index (χ2n) is 10.9. The Labute approximate surface area is 245 Å². The molecule has 0 saturated heterocycles. The highest BCUT2D eigenvalue weighted by Gasteiger charge is 2.41. The first-order chi connectivity index (χ1) is 18.7. The molecule has 0 unspecified atom stereocenters. The molecule has 2 amide bonds. The van der Waals surface area contributed by atoms with E-state index in [0.717, 1.165) is 25.7 Å². The molecule has 1 aromatic carbocycles. The van der Waals surface area contributed by atoms with Crippen molar-refractivity contribution in [2.24, 2.45) is 11.8 Å². The number of carbonyl (C=O) groups is 2. The highest BCUT2D eigenvalue weighted by molar-refractivity contribution is 14.1. The van der Waals surface area contributed by atoms with Crippen LogP contribution in [-0.4, -0.2) is 77.1 Å². The van der Waals surface area contributed by atoms with Crippen LogP contribution in [0.2, 0.25) is 0 Å². The number of nitrogens with zero attached hydrogens (tertiary/aromatic N) is 1. The van der Waals surface area contributed by atoms with E-state index in [0.29, 0.717) is 45.1 Å². The molecule has 10 heteroatoms. The van der Waals surface area contributed by atoms with Crippen molar-refractivity contribution in [1.29, 1.82) is 0 Å². The summed E-state index contributed by atoms with van der Waals surface area (Å²) in [5.74, 6) is 0.896. The zero-order valence-corrected chi connectivity index (χ0v) is 25.4. The molecule has 9 nitrogen and oxygen atoms in total. The SMILES string of the molecule is COc1cc(CO)cc(I)c1O[C@H]1C=C(C(=O)NCCO)C[C@@H](N(CC2CCCCC2)C(=O)CC(C)C)[C@@H]1O. The van der Waals surface area contributed by atoms with Gasteiger partial charge in [-0.25, -0.2) is 0 Å². The van der Waals surface area contributed by atoms with E-state index in [4.69, 9.17) is 9.47 Å². The Kier molecular flexibility index (Phi) is 12.3. The van der Waals surface area contributed by atoms with Crippen LogP contribution in [0.5, 0.6) is 11.5 Å². The number of ether oxygens (including phenoxy) is 2. The maximum absolute atomic E-state index is 13.6. The third-order valence-corrected chi connectivity index (χ3v) is 8.22. The number of nitrogens with one attached hydrogen (secondary N) is 1. The third-order valence-electron chi connectivity index (χ3n) is 7.42. The van der Waals surface area contributed by atoms with Crippen molar-refractivity contribution in [2.75, 3.05) is 26.8 Å². The van der Waals surface area contributed by atoms with E-state index in [1.807, 2.05) is 13.8 Å². The molecular formula is C29H43IN2O7. The summed E-state index contributed by atoms with van der Waals surface area (Å²) in [5.41, 5.74) is 1.05. The van der Waals surface area contributed by atoms with Gasteiger partial charge in [-0.15, -0.1) is 0 Å². The second kappa shape index (κ2) is 15.2. The van der Waals surface area contributed by atoms with Gasteiger partial charge in [-0.2, -0.15) is 0 Å². The van der Waals surface area contributed by atoms with E-state index in [1.165, 1.54) is 13.5 Å². The first-order valence-electron chi connectivity index (χ1n) is 13.9. The molecule has 2 aliphatic carbocycles. The number of halogens is 1. The van der Waals surface area contributed by atoms with Crippen LogP contribution in [0.3, 0.4) is 0 Å². The fraction of sp³-hybridized carbons (Fsp3) is 0.655. The van der Waals surface area contributed by atoms with Gasteiger partial charge in [0, 0.05) is 31.5 Å². The van der Waals surface area contributed by atoms with Crippen molar-refractivity contribution in [3.63, 3.8) is 0 Å². The topological polar surface area (TPSA) is 129 Å². The molecule has 4 N–H and O–H groups in total. The molecule has 1 aromatic rings. The standard InChI is InChI=1S/C29H43IN2O7/c1-18(2)11-26(35)32(16-19-7-5-4-6-8-19)23-14-21(29(37)31-9-10-33)15-24(27(23)36)39-28-22(30)12-20(17-34)13-25(28)38-3/h12-13,15,18-19,23-24,27,33-34,36H,4-11,14,16-17H2,1-3H3,(H,31,37)/t23-,24+,27+/m1/s1. The van der Waals surface area contributed by atoms with Crippen molar-refractivity contribution >= 4 is 34.4 Å². The van der Waals surface area contributed by atoms with Crippen molar-refractivity contribution in [1.82, 2.24) is 10.2 Å². The number of hydrogen-bond acceptors (Lipinski definition) is 7. The zero-order chi connectivity index (χ0) is 28.5. The molecule has 3 rings (SSSR count). The molecule has 0 bridgehead atoms. The summed E-state index contributed by atoms with van der Waals surface area (Å²) in [6.07, 6.45) is 5.68. The fourth-order valence-corrected chi connectivity index (χ4v) is 6.22. The minimum absolute atomic E-state index is 0.0325. The molecule has 218 valence electrons. The summed E-state index contributed by atoms with van der Waals surface area (Å²) in [7, 11) is 1.50. The van der Waals surface area contributed by atoms with Gasteiger partial charge in [-0.1, -0.05) is 33.1 Å². The molecule has 2 aliphatic rings. The Balaban J connectivity index is 1.99. The van der Waals surface area contributed by atoms with Crippen LogP contribution in [0.1, 0.15) is 64.4 Å². The Morgan fingerprint density at radius 2 is 1.90 bits per heavy atom. The van der Waals surface area contributed by atoms with Gasteiger partial charge in [0.15, 0.2) is 11.5 Å². The number of aliphatic hydroxyl groups is 3. The third kappa shape index (κ3) is 8.55. The lowest BCUT2D eigenvalue weighted by molar-refractivity contribution is -0.140. The molecular weight excluding hydrogens is 615 g/mol. The second-order valence-corrected chi connectivity index (χ2v) is 12.1. The average Bonchev–Trinajstić information content (AvgIpc) is 2.92. The van der Waals surface area contributed by atoms with Gasteiger partial charge < -0.3 is 35.0 Å². The van der Waals surface area contributed by atoms with Crippen molar-refractivity contribution in [3.8, 4) is 11.5 Å². The van der Waals surface area contributed by atoms with Gasteiger partial charge in [0.1, 0.15) is 12.2 Å². The zero-order valence-electron chi connectivity index (χ0n) is 23.2. The number of methoxy groups -OCH3 is 1. The van der Waals surface area contributed by atoms with Gasteiger partial charge in [-0.05, 0) is 71.0 Å². The number of amides is 2. The van der Waals surface area contributed by atoms with Gasteiger partial charge in [-0.3, -0.25) is 9.59 Å². The minimum atomic E-state index is -1.09. The number of carbonyl (C=O) groups excluding carboxylic acids is 2. The molecule has 0 radical (unpaired) electrons. The van der Waals surface area contributed by atoms with Gasteiger partial charge in [0.25, 0.3) is 0 Å². The Morgan fingerprint density at radius 3 is 2.51 bits per heavy atom. The lowest BCUT2D eigenvalue weighted by Gasteiger charge is -2.42.